The number of hydrogen-bond donors (Lipinski definition) is 1. The lowest BCUT2D eigenvalue weighted by atomic mass is 10.2. The van der Waals surface area contributed by atoms with Crippen LogP contribution in [0.5, 0.6) is 5.75 Å². The monoisotopic (exact) mass is 351 g/mol. The number of amides is 1. The van der Waals surface area contributed by atoms with Crippen molar-refractivity contribution in [2.75, 3.05) is 25.1 Å². The molecule has 4 heterocycles. The smallest absolute Gasteiger partial charge is 0.260 e. The van der Waals surface area contributed by atoms with Crippen molar-refractivity contribution in [1.82, 2.24) is 19.7 Å². The molecule has 0 atom stereocenters. The van der Waals surface area contributed by atoms with Crippen LogP contribution in [-0.4, -0.2) is 40.5 Å². The van der Waals surface area contributed by atoms with E-state index in [1.807, 2.05) is 17.0 Å². The summed E-state index contributed by atoms with van der Waals surface area (Å²) < 4.78 is 7.19. The zero-order valence-electron chi connectivity index (χ0n) is 14.4. The fourth-order valence-electron chi connectivity index (χ4n) is 2.94. The highest BCUT2D eigenvalue weighted by molar-refractivity contribution is 5.94. The van der Waals surface area contributed by atoms with Crippen LogP contribution in [0.2, 0.25) is 0 Å². The Hall–Kier alpha value is -3.42. The van der Waals surface area contributed by atoms with Gasteiger partial charge in [0.05, 0.1) is 12.1 Å². The number of aryl methyl sites for hydroxylation is 1. The fourth-order valence-corrected chi connectivity index (χ4v) is 2.94. The number of nitrogens with one attached hydrogen (secondary N) is 1. The molecular weight excluding hydrogens is 334 g/mol. The Kier molecular flexibility index (Phi) is 3.80. The van der Waals surface area contributed by atoms with E-state index < -0.39 is 0 Å². The number of anilines is 2. The van der Waals surface area contributed by atoms with Crippen LogP contribution in [0.25, 0.3) is 5.65 Å². The van der Waals surface area contributed by atoms with Crippen molar-refractivity contribution in [3.8, 4) is 5.75 Å². The minimum atomic E-state index is -0.217. The zero-order chi connectivity index (χ0) is 18.3. The number of carbonyl (C=O) groups is 1. The van der Waals surface area contributed by atoms with Gasteiger partial charge in [-0.2, -0.15) is 0 Å². The van der Waals surface area contributed by atoms with E-state index in [9.17, 15) is 9.59 Å². The van der Waals surface area contributed by atoms with Gasteiger partial charge in [0.1, 0.15) is 12.3 Å². The van der Waals surface area contributed by atoms with E-state index in [0.29, 0.717) is 41.5 Å². The number of rotatable bonds is 2. The Balaban J connectivity index is 1.78. The molecule has 1 N–H and O–H groups in total. The first-order valence-corrected chi connectivity index (χ1v) is 8.19. The molecule has 0 saturated carbocycles. The molecule has 4 rings (SSSR count). The average molecular weight is 351 g/mol. The summed E-state index contributed by atoms with van der Waals surface area (Å²) in [6.45, 7) is 2.80. The highest BCUT2D eigenvalue weighted by Gasteiger charge is 2.23. The van der Waals surface area contributed by atoms with Gasteiger partial charge in [0.25, 0.3) is 11.5 Å². The second-order valence-corrected chi connectivity index (χ2v) is 5.98. The number of nitrogens with zero attached hydrogens (tertiary/aromatic N) is 4. The first-order valence-electron chi connectivity index (χ1n) is 8.19. The molecule has 0 bridgehead atoms. The second kappa shape index (κ2) is 6.14. The molecule has 1 aliphatic rings. The molecule has 0 aromatic carbocycles. The number of pyridine rings is 2. The van der Waals surface area contributed by atoms with Crippen LogP contribution >= 0.6 is 0 Å². The molecule has 8 heteroatoms. The van der Waals surface area contributed by atoms with E-state index >= 15 is 0 Å². The van der Waals surface area contributed by atoms with E-state index in [4.69, 9.17) is 4.74 Å². The molecule has 0 radical (unpaired) electrons. The molecule has 132 valence electrons. The molecular formula is C18H17N5O3. The summed E-state index contributed by atoms with van der Waals surface area (Å²) in [6.07, 6.45) is 4.80. The summed E-state index contributed by atoms with van der Waals surface area (Å²) in [7, 11) is 1.57. The first-order chi connectivity index (χ1) is 12.6. The van der Waals surface area contributed by atoms with Crippen LogP contribution in [0.1, 0.15) is 15.9 Å². The van der Waals surface area contributed by atoms with E-state index in [-0.39, 0.29) is 11.5 Å². The normalized spacial score (nSPS) is 13.2. The third-order valence-corrected chi connectivity index (χ3v) is 4.33. The summed E-state index contributed by atoms with van der Waals surface area (Å²) in [5.74, 6) is 0.958. The Morgan fingerprint density at radius 1 is 1.27 bits per heavy atom. The topological polar surface area (TPSA) is 88.8 Å². The van der Waals surface area contributed by atoms with Crippen molar-refractivity contribution in [1.29, 1.82) is 0 Å². The van der Waals surface area contributed by atoms with Crippen LogP contribution in [0.15, 0.2) is 41.6 Å². The van der Waals surface area contributed by atoms with Gasteiger partial charge in [-0.15, -0.1) is 0 Å². The van der Waals surface area contributed by atoms with Gasteiger partial charge in [-0.3, -0.25) is 14.0 Å². The van der Waals surface area contributed by atoms with Crippen LogP contribution in [0, 0.1) is 6.92 Å². The summed E-state index contributed by atoms with van der Waals surface area (Å²) >= 11 is 0. The summed E-state index contributed by atoms with van der Waals surface area (Å²) in [6, 6.07) is 5.36. The first kappa shape index (κ1) is 16.1. The largest absolute Gasteiger partial charge is 0.488 e. The van der Waals surface area contributed by atoms with Gasteiger partial charge in [-0.05, 0) is 19.1 Å². The Morgan fingerprint density at radius 2 is 2.12 bits per heavy atom. The quantitative estimate of drug-likeness (QED) is 0.748. The molecule has 1 aliphatic heterocycles. The maximum Gasteiger partial charge on any atom is 0.260 e. The molecule has 8 nitrogen and oxygen atoms in total. The Morgan fingerprint density at radius 3 is 2.92 bits per heavy atom. The predicted octanol–water partition coefficient (Wildman–Crippen LogP) is 1.29. The van der Waals surface area contributed by atoms with Gasteiger partial charge in [-0.1, -0.05) is 0 Å². The lowest BCUT2D eigenvalue weighted by Crippen LogP contribution is -2.30. The van der Waals surface area contributed by atoms with E-state index in [2.05, 4.69) is 15.3 Å². The highest BCUT2D eigenvalue weighted by Crippen LogP contribution is 2.35. The fraction of sp³-hybridized carbons (Fsp3) is 0.222. The van der Waals surface area contributed by atoms with Crippen molar-refractivity contribution in [2.45, 2.75) is 6.92 Å². The third-order valence-electron chi connectivity index (χ3n) is 4.33. The molecule has 26 heavy (non-hydrogen) atoms. The molecule has 0 saturated heterocycles. The maximum atomic E-state index is 12.2. The zero-order valence-corrected chi connectivity index (χ0v) is 14.4. The molecule has 1 amide bonds. The van der Waals surface area contributed by atoms with Crippen molar-refractivity contribution in [2.24, 2.45) is 0 Å². The summed E-state index contributed by atoms with van der Waals surface area (Å²) in [4.78, 5) is 34.7. The van der Waals surface area contributed by atoms with Crippen LogP contribution in [-0.2, 0) is 0 Å². The third kappa shape index (κ3) is 2.55. The highest BCUT2D eigenvalue weighted by atomic mass is 16.5. The average Bonchev–Trinajstić information content (AvgIpc) is 2.69. The van der Waals surface area contributed by atoms with E-state index in [0.717, 1.165) is 5.69 Å². The van der Waals surface area contributed by atoms with Gasteiger partial charge in [-0.25, -0.2) is 9.97 Å². The van der Waals surface area contributed by atoms with Crippen molar-refractivity contribution in [3.05, 3.63) is 58.3 Å². The molecule has 0 fully saturated rings. The number of aromatic nitrogens is 3. The minimum Gasteiger partial charge on any atom is -0.488 e. The predicted molar refractivity (Wildman–Crippen MR) is 96.3 cm³/mol. The Bertz CT molecular complexity index is 1080. The summed E-state index contributed by atoms with van der Waals surface area (Å²) in [5, 5.41) is 2.57. The Labute approximate surface area is 149 Å². The molecule has 0 spiro atoms. The standard InChI is InChI=1S/C18H17N5O3/c1-11-9-20-15-8-13(3-4-23(15)18(11)25)22-5-6-26-14-7-12(17(24)19-2)10-21-16(14)22/h3-4,7-10H,5-6H2,1-2H3,(H,19,24). The van der Waals surface area contributed by atoms with E-state index in [1.165, 1.54) is 10.6 Å². The van der Waals surface area contributed by atoms with Gasteiger partial charge in [0, 0.05) is 43.0 Å². The van der Waals surface area contributed by atoms with Crippen LogP contribution in [0.3, 0.4) is 0 Å². The van der Waals surface area contributed by atoms with Crippen molar-refractivity contribution >= 4 is 23.1 Å². The lowest BCUT2D eigenvalue weighted by Gasteiger charge is -2.30. The van der Waals surface area contributed by atoms with Gasteiger partial charge >= 0.3 is 0 Å². The number of hydrogen-bond acceptors (Lipinski definition) is 6. The SMILES string of the molecule is CNC(=O)c1cnc2c(c1)OCCN2c1ccn2c(=O)c(C)cnc2c1. The maximum absolute atomic E-state index is 12.2. The van der Waals surface area contributed by atoms with Gasteiger partial charge < -0.3 is 15.0 Å². The van der Waals surface area contributed by atoms with E-state index in [1.54, 1.807) is 32.4 Å². The summed E-state index contributed by atoms with van der Waals surface area (Å²) in [5.41, 5.74) is 2.36. The molecule has 0 unspecified atom stereocenters. The van der Waals surface area contributed by atoms with Crippen molar-refractivity contribution < 1.29 is 9.53 Å². The number of ether oxygens (including phenoxy) is 1. The minimum absolute atomic E-state index is 0.0859. The van der Waals surface area contributed by atoms with Crippen LogP contribution in [0.4, 0.5) is 11.5 Å². The molecule has 3 aromatic rings. The van der Waals surface area contributed by atoms with Crippen LogP contribution < -0.4 is 20.5 Å². The second-order valence-electron chi connectivity index (χ2n) is 5.98. The number of fused-ring (bicyclic) bond motifs is 2. The molecule has 3 aromatic heterocycles. The van der Waals surface area contributed by atoms with Crippen molar-refractivity contribution in [3.63, 3.8) is 0 Å². The lowest BCUT2D eigenvalue weighted by molar-refractivity contribution is 0.0962. The van der Waals surface area contributed by atoms with Gasteiger partial charge in [0.2, 0.25) is 0 Å². The number of carbonyl (C=O) groups excluding carboxylic acids is 1. The van der Waals surface area contributed by atoms with Gasteiger partial charge in [0.15, 0.2) is 11.6 Å². The molecule has 0 aliphatic carbocycles.